The van der Waals surface area contributed by atoms with E-state index in [-0.39, 0.29) is 18.1 Å². The largest absolute Gasteiger partial charge is 0.443 e. The van der Waals surface area contributed by atoms with Crippen LogP contribution in [0.4, 0.5) is 0 Å². The minimum absolute atomic E-state index is 0.103. The number of ether oxygens (including phenoxy) is 1. The van der Waals surface area contributed by atoms with Crippen LogP contribution in [0.5, 0.6) is 0 Å². The molecule has 6 nitrogen and oxygen atoms in total. The molecule has 130 valence electrons. The Balaban J connectivity index is 1.72. The molecule has 1 amide bonds. The van der Waals surface area contributed by atoms with Crippen LogP contribution < -0.4 is 0 Å². The quantitative estimate of drug-likeness (QED) is 0.843. The SMILES string of the molecule is Cc1oc(-n2cccc2)c(C#N)c1C(=O)N1CCO[C@H]2CCCC[C@H]21. The molecule has 0 spiro atoms. The van der Waals surface area contributed by atoms with Crippen molar-refractivity contribution in [1.82, 2.24) is 9.47 Å². The number of aryl methyl sites for hydroxylation is 1. The number of nitrogens with zero attached hydrogens (tertiary/aromatic N) is 3. The monoisotopic (exact) mass is 339 g/mol. The summed E-state index contributed by atoms with van der Waals surface area (Å²) in [6.07, 6.45) is 7.94. The Morgan fingerprint density at radius 2 is 2.04 bits per heavy atom. The molecule has 3 heterocycles. The Labute approximate surface area is 146 Å². The lowest BCUT2D eigenvalue weighted by Crippen LogP contribution is -2.55. The van der Waals surface area contributed by atoms with Crippen LogP contribution in [0.3, 0.4) is 0 Å². The summed E-state index contributed by atoms with van der Waals surface area (Å²) in [6, 6.07) is 5.99. The van der Waals surface area contributed by atoms with Crippen molar-refractivity contribution in [1.29, 1.82) is 5.26 Å². The Kier molecular flexibility index (Phi) is 4.10. The lowest BCUT2D eigenvalue weighted by molar-refractivity contribution is -0.0753. The van der Waals surface area contributed by atoms with Gasteiger partial charge in [0, 0.05) is 18.9 Å². The topological polar surface area (TPSA) is 71.4 Å². The van der Waals surface area contributed by atoms with E-state index in [1.807, 2.05) is 17.0 Å². The molecule has 2 aromatic rings. The van der Waals surface area contributed by atoms with Crippen LogP contribution in [-0.4, -0.2) is 40.7 Å². The highest BCUT2D eigenvalue weighted by atomic mass is 16.5. The third kappa shape index (κ3) is 2.65. The summed E-state index contributed by atoms with van der Waals surface area (Å²) in [5, 5.41) is 9.67. The number of fused-ring (bicyclic) bond motifs is 1. The number of carbonyl (C=O) groups excluding carboxylic acids is 1. The van der Waals surface area contributed by atoms with Gasteiger partial charge in [-0.1, -0.05) is 12.8 Å². The van der Waals surface area contributed by atoms with E-state index in [4.69, 9.17) is 9.15 Å². The molecule has 4 rings (SSSR count). The molecule has 25 heavy (non-hydrogen) atoms. The van der Waals surface area contributed by atoms with Crippen LogP contribution in [0.2, 0.25) is 0 Å². The first kappa shape index (κ1) is 16.0. The molecular weight excluding hydrogens is 318 g/mol. The highest BCUT2D eigenvalue weighted by molar-refractivity contribution is 5.99. The van der Waals surface area contributed by atoms with Crippen molar-refractivity contribution < 1.29 is 13.9 Å². The van der Waals surface area contributed by atoms with Crippen LogP contribution in [-0.2, 0) is 4.74 Å². The summed E-state index contributed by atoms with van der Waals surface area (Å²) >= 11 is 0. The molecule has 0 N–H and O–H groups in total. The standard InChI is InChI=1S/C19H21N3O3/c1-13-17(14(12-20)19(25-13)21-8-4-5-9-21)18(23)22-10-11-24-16-7-3-2-6-15(16)22/h4-5,8-9,15-16H,2-3,6-7,10-11H2,1H3/t15-,16+/m1/s1. The zero-order valence-electron chi connectivity index (χ0n) is 14.3. The van der Waals surface area contributed by atoms with Crippen molar-refractivity contribution in [3.8, 4) is 12.0 Å². The number of carbonyl (C=O) groups is 1. The molecule has 0 unspecified atom stereocenters. The van der Waals surface area contributed by atoms with Crippen molar-refractivity contribution in [3.05, 3.63) is 41.4 Å². The summed E-state index contributed by atoms with van der Waals surface area (Å²) in [4.78, 5) is 15.2. The fourth-order valence-corrected chi connectivity index (χ4v) is 4.04. The summed E-state index contributed by atoms with van der Waals surface area (Å²) in [7, 11) is 0. The van der Waals surface area contributed by atoms with Gasteiger partial charge in [0.15, 0.2) is 0 Å². The van der Waals surface area contributed by atoms with Gasteiger partial charge in [0.1, 0.15) is 23.0 Å². The van der Waals surface area contributed by atoms with Crippen molar-refractivity contribution in [2.75, 3.05) is 13.2 Å². The molecule has 1 aliphatic carbocycles. The molecule has 0 aromatic carbocycles. The maximum Gasteiger partial charge on any atom is 0.259 e. The fraction of sp³-hybridized carbons (Fsp3) is 0.474. The van der Waals surface area contributed by atoms with E-state index in [0.29, 0.717) is 35.9 Å². The highest BCUT2D eigenvalue weighted by Gasteiger charge is 2.39. The van der Waals surface area contributed by atoms with Gasteiger partial charge in [-0.25, -0.2) is 0 Å². The summed E-state index contributed by atoms with van der Waals surface area (Å²) in [6.45, 7) is 2.87. The second-order valence-corrected chi connectivity index (χ2v) is 6.68. The third-order valence-electron chi connectivity index (χ3n) is 5.22. The van der Waals surface area contributed by atoms with Crippen LogP contribution in [0, 0.1) is 18.3 Å². The Hall–Kier alpha value is -2.52. The number of aromatic nitrogens is 1. The van der Waals surface area contributed by atoms with Gasteiger partial charge in [-0.05, 0) is 31.9 Å². The predicted molar refractivity (Wildman–Crippen MR) is 90.5 cm³/mol. The highest BCUT2D eigenvalue weighted by Crippen LogP contribution is 2.32. The van der Waals surface area contributed by atoms with E-state index in [1.54, 1.807) is 23.9 Å². The normalized spacial score (nSPS) is 23.1. The van der Waals surface area contributed by atoms with Crippen molar-refractivity contribution in [2.24, 2.45) is 0 Å². The minimum Gasteiger partial charge on any atom is -0.443 e. The molecule has 0 radical (unpaired) electrons. The fourth-order valence-electron chi connectivity index (χ4n) is 4.04. The van der Waals surface area contributed by atoms with E-state index in [2.05, 4.69) is 6.07 Å². The first-order valence-corrected chi connectivity index (χ1v) is 8.80. The maximum atomic E-state index is 13.3. The molecule has 1 saturated heterocycles. The molecule has 2 aliphatic rings. The summed E-state index contributed by atoms with van der Waals surface area (Å²) in [5.74, 6) is 0.780. The van der Waals surface area contributed by atoms with Gasteiger partial charge in [0.2, 0.25) is 5.88 Å². The van der Waals surface area contributed by atoms with Crippen molar-refractivity contribution in [3.63, 3.8) is 0 Å². The number of hydrogen-bond donors (Lipinski definition) is 0. The average Bonchev–Trinajstić information content (AvgIpc) is 3.28. The summed E-state index contributed by atoms with van der Waals surface area (Å²) in [5.41, 5.74) is 0.690. The molecule has 2 fully saturated rings. The van der Waals surface area contributed by atoms with Crippen molar-refractivity contribution in [2.45, 2.75) is 44.8 Å². The van der Waals surface area contributed by atoms with Crippen molar-refractivity contribution >= 4 is 5.91 Å². The van der Waals surface area contributed by atoms with E-state index < -0.39 is 0 Å². The number of morpholine rings is 1. The number of nitriles is 1. The number of hydrogen-bond acceptors (Lipinski definition) is 4. The zero-order valence-corrected chi connectivity index (χ0v) is 14.3. The number of furan rings is 1. The molecule has 1 aliphatic heterocycles. The molecule has 1 saturated carbocycles. The van der Waals surface area contributed by atoms with Gasteiger partial charge < -0.3 is 14.1 Å². The van der Waals surface area contributed by atoms with E-state index >= 15 is 0 Å². The molecule has 2 atom stereocenters. The second-order valence-electron chi connectivity index (χ2n) is 6.68. The maximum absolute atomic E-state index is 13.3. The van der Waals surface area contributed by atoms with Crippen LogP contribution >= 0.6 is 0 Å². The minimum atomic E-state index is -0.114. The predicted octanol–water partition coefficient (Wildman–Crippen LogP) is 3.03. The number of amides is 1. The Bertz CT molecular complexity index is 814. The third-order valence-corrected chi connectivity index (χ3v) is 5.22. The van der Waals surface area contributed by atoms with Gasteiger partial charge in [-0.15, -0.1) is 0 Å². The van der Waals surface area contributed by atoms with Crippen LogP contribution in [0.1, 0.15) is 47.4 Å². The average molecular weight is 339 g/mol. The van der Waals surface area contributed by atoms with E-state index in [9.17, 15) is 10.1 Å². The lowest BCUT2D eigenvalue weighted by atomic mass is 9.89. The van der Waals surface area contributed by atoms with Gasteiger partial charge in [0.25, 0.3) is 5.91 Å². The molecular formula is C19H21N3O3. The Morgan fingerprint density at radius 1 is 1.28 bits per heavy atom. The first-order valence-electron chi connectivity index (χ1n) is 8.80. The molecule has 6 heteroatoms. The van der Waals surface area contributed by atoms with Crippen LogP contribution in [0.25, 0.3) is 5.88 Å². The van der Waals surface area contributed by atoms with Gasteiger partial charge >= 0.3 is 0 Å². The zero-order chi connectivity index (χ0) is 17.4. The summed E-state index contributed by atoms with van der Waals surface area (Å²) < 4.78 is 13.4. The van der Waals surface area contributed by atoms with E-state index in [1.165, 1.54) is 0 Å². The smallest absolute Gasteiger partial charge is 0.259 e. The first-order chi connectivity index (χ1) is 12.2. The van der Waals surface area contributed by atoms with Gasteiger partial charge in [0.05, 0.1) is 18.8 Å². The van der Waals surface area contributed by atoms with Crippen LogP contribution in [0.15, 0.2) is 28.9 Å². The number of rotatable bonds is 2. The second kappa shape index (κ2) is 6.41. The molecule has 2 aromatic heterocycles. The van der Waals surface area contributed by atoms with E-state index in [0.717, 1.165) is 25.7 Å². The lowest BCUT2D eigenvalue weighted by Gasteiger charge is -2.43. The van der Waals surface area contributed by atoms with Gasteiger partial charge in [-0.2, -0.15) is 5.26 Å². The molecule has 0 bridgehead atoms. The van der Waals surface area contributed by atoms with Gasteiger partial charge in [-0.3, -0.25) is 9.36 Å². The Morgan fingerprint density at radius 3 is 2.80 bits per heavy atom.